The van der Waals surface area contributed by atoms with Crippen molar-refractivity contribution in [3.8, 4) is 0 Å². The van der Waals surface area contributed by atoms with Crippen molar-refractivity contribution in [2.45, 2.75) is 6.42 Å². The summed E-state index contributed by atoms with van der Waals surface area (Å²) < 4.78 is 2.20. The maximum Gasteiger partial charge on any atom is 0.128 e. The van der Waals surface area contributed by atoms with Crippen LogP contribution in [0.1, 0.15) is 11.3 Å². The van der Waals surface area contributed by atoms with Crippen LogP contribution >= 0.6 is 0 Å². The fraction of sp³-hybridized carbons (Fsp3) is 0.0833. The molecule has 1 aromatic carbocycles. The van der Waals surface area contributed by atoms with Gasteiger partial charge in [-0.25, -0.2) is 0 Å². The van der Waals surface area contributed by atoms with E-state index in [0.29, 0.717) is 0 Å². The van der Waals surface area contributed by atoms with E-state index in [9.17, 15) is 0 Å². The lowest BCUT2D eigenvalue weighted by Crippen LogP contribution is -2.53. The Morgan fingerprint density at radius 2 is 1.86 bits per heavy atom. The van der Waals surface area contributed by atoms with Crippen molar-refractivity contribution in [1.82, 2.24) is 0 Å². The maximum atomic E-state index is 2.20. The molecule has 0 N–H and O–H groups in total. The number of hydrogen-bond donors (Lipinski definition) is 0. The van der Waals surface area contributed by atoms with Crippen LogP contribution in [-0.2, 0) is 6.42 Å². The van der Waals surface area contributed by atoms with Gasteiger partial charge in [0.2, 0.25) is 0 Å². The van der Waals surface area contributed by atoms with Crippen LogP contribution in [0.25, 0.3) is 0 Å². The highest BCUT2D eigenvalue weighted by Gasteiger charge is 2.10. The van der Waals surface area contributed by atoms with Crippen LogP contribution in [0.15, 0.2) is 48.7 Å². The Bertz CT molecular complexity index is 392. The first-order valence-electron chi connectivity index (χ1n) is 4.85. The van der Waals surface area contributed by atoms with Crippen molar-refractivity contribution in [2.75, 3.05) is 0 Å². The number of fused-ring (bicyclic) bond motifs is 2. The zero-order valence-corrected chi connectivity index (χ0v) is 7.85. The molecule has 66 valence electrons. The molecule has 0 saturated heterocycles. The predicted molar refractivity (Wildman–Crippen MR) is 56.7 cm³/mol. The highest BCUT2D eigenvalue weighted by atomic mass is 14.9. The fourth-order valence-corrected chi connectivity index (χ4v) is 1.93. The van der Waals surface area contributed by atoms with Gasteiger partial charge in [0.05, 0.1) is 0 Å². The van der Waals surface area contributed by atoms with E-state index < -0.39 is 0 Å². The van der Waals surface area contributed by atoms with Gasteiger partial charge in [0.25, 0.3) is 0 Å². The van der Waals surface area contributed by atoms with Crippen molar-refractivity contribution in [1.29, 1.82) is 0 Å². The molecule has 0 bridgehead atoms. The van der Waals surface area contributed by atoms with Crippen molar-refractivity contribution < 1.29 is 4.48 Å². The first kappa shape index (κ1) is 7.80. The topological polar surface area (TPSA) is 3.88 Å². The first-order chi connectivity index (χ1) is 6.93. The Kier molecular flexibility index (Phi) is 1.66. The number of nitrogens with zero attached hydrogens (tertiary/aromatic N) is 1. The van der Waals surface area contributed by atoms with E-state index in [1.54, 1.807) is 0 Å². The first-order valence-corrected chi connectivity index (χ1v) is 4.85. The van der Waals surface area contributed by atoms with E-state index in [0.717, 1.165) is 6.42 Å². The van der Waals surface area contributed by atoms with Gasteiger partial charge < -0.3 is 4.48 Å². The van der Waals surface area contributed by atoms with Crippen LogP contribution in [0, 0.1) is 0 Å². The van der Waals surface area contributed by atoms with E-state index in [4.69, 9.17) is 0 Å². The lowest BCUT2D eigenvalue weighted by molar-refractivity contribution is -0.537. The standard InChI is InChI=1S/C12H10BN/c1-2-7-12-10(5-1)9-11-6-3-4-8-14(11)13-12/h1-8H,9H2. The third kappa shape index (κ3) is 1.15. The van der Waals surface area contributed by atoms with Gasteiger partial charge in [-0.2, -0.15) is 5.46 Å². The monoisotopic (exact) mass is 179 g/mol. The third-order valence-electron chi connectivity index (χ3n) is 2.68. The summed E-state index contributed by atoms with van der Waals surface area (Å²) in [5.41, 5.74) is 4.10. The van der Waals surface area contributed by atoms with Crippen LogP contribution in [0.5, 0.6) is 0 Å². The molecule has 1 aliphatic rings. The molecule has 2 aromatic rings. The van der Waals surface area contributed by atoms with Gasteiger partial charge in [0.1, 0.15) is 19.3 Å². The zero-order valence-electron chi connectivity index (χ0n) is 7.85. The lowest BCUT2D eigenvalue weighted by Gasteiger charge is -2.23. The minimum atomic E-state index is 1.04. The second kappa shape index (κ2) is 2.98. The summed E-state index contributed by atoms with van der Waals surface area (Å²) in [5.74, 6) is 0. The van der Waals surface area contributed by atoms with Gasteiger partial charge >= 0.3 is 0 Å². The van der Waals surface area contributed by atoms with Crippen molar-refractivity contribution in [3.63, 3.8) is 0 Å². The van der Waals surface area contributed by atoms with Crippen LogP contribution in [-0.4, -0.2) is 7.41 Å². The van der Waals surface area contributed by atoms with Gasteiger partial charge in [-0.15, -0.1) is 0 Å². The smallest absolute Gasteiger partial charge is 0.128 e. The lowest BCUT2D eigenvalue weighted by atomic mass is 9.74. The average Bonchev–Trinajstić information content (AvgIpc) is 2.26. The molecule has 14 heavy (non-hydrogen) atoms. The predicted octanol–water partition coefficient (Wildman–Crippen LogP) is 0.671. The van der Waals surface area contributed by atoms with Gasteiger partial charge in [-0.1, -0.05) is 35.9 Å². The molecule has 0 fully saturated rings. The zero-order chi connectivity index (χ0) is 9.38. The Hall–Kier alpha value is -1.57. The molecule has 2 heterocycles. The normalized spacial score (nSPS) is 13.1. The van der Waals surface area contributed by atoms with Gasteiger partial charge in [-0.05, 0) is 6.07 Å². The average molecular weight is 179 g/mol. The van der Waals surface area contributed by atoms with Crippen molar-refractivity contribution in [3.05, 3.63) is 59.9 Å². The highest BCUT2D eigenvalue weighted by Crippen LogP contribution is 2.06. The minimum Gasteiger partial charge on any atom is -0.471 e. The number of benzene rings is 1. The van der Waals surface area contributed by atoms with Gasteiger partial charge in [0, 0.05) is 12.5 Å². The van der Waals surface area contributed by atoms with Crippen LogP contribution in [0.4, 0.5) is 0 Å². The number of aromatic nitrogens is 1. The Labute approximate surface area is 84.3 Å². The molecule has 0 spiro atoms. The second-order valence-corrected chi connectivity index (χ2v) is 3.60. The maximum absolute atomic E-state index is 2.20. The number of hydrogen-bond acceptors (Lipinski definition) is 0. The van der Waals surface area contributed by atoms with E-state index >= 15 is 0 Å². The molecule has 2 radical (unpaired) electrons. The molecular weight excluding hydrogens is 169 g/mol. The summed E-state index contributed by atoms with van der Waals surface area (Å²) in [5, 5.41) is 0. The van der Waals surface area contributed by atoms with E-state index in [1.165, 1.54) is 16.7 Å². The Balaban J connectivity index is 2.12. The van der Waals surface area contributed by atoms with Crippen LogP contribution in [0.3, 0.4) is 0 Å². The Morgan fingerprint density at radius 1 is 1.00 bits per heavy atom. The highest BCUT2D eigenvalue weighted by molar-refractivity contribution is 6.45. The molecule has 0 unspecified atom stereocenters. The summed E-state index contributed by atoms with van der Waals surface area (Å²) in [7, 11) is 2.19. The molecule has 1 aromatic heterocycles. The Morgan fingerprint density at radius 3 is 2.86 bits per heavy atom. The summed E-state index contributed by atoms with van der Waals surface area (Å²) in [6.07, 6.45) is 3.14. The fourth-order valence-electron chi connectivity index (χ4n) is 1.93. The summed E-state index contributed by atoms with van der Waals surface area (Å²) in [6, 6.07) is 14.9. The van der Waals surface area contributed by atoms with Crippen LogP contribution < -0.4 is 9.94 Å². The molecule has 1 aliphatic heterocycles. The third-order valence-corrected chi connectivity index (χ3v) is 2.68. The molecular formula is C12H10BN. The van der Waals surface area contributed by atoms with E-state index in [-0.39, 0.29) is 0 Å². The molecule has 1 nitrogen and oxygen atoms in total. The summed E-state index contributed by atoms with van der Waals surface area (Å²) in [4.78, 5) is 0. The molecule has 3 rings (SSSR count). The van der Waals surface area contributed by atoms with Crippen molar-refractivity contribution in [2.24, 2.45) is 0 Å². The number of pyridine rings is 1. The van der Waals surface area contributed by atoms with Gasteiger partial charge in [0.15, 0.2) is 0 Å². The summed E-state index contributed by atoms with van der Waals surface area (Å²) in [6.45, 7) is 0. The quantitative estimate of drug-likeness (QED) is 0.446. The minimum absolute atomic E-state index is 1.04. The molecule has 0 saturated carbocycles. The van der Waals surface area contributed by atoms with E-state index in [2.05, 4.69) is 60.6 Å². The molecule has 0 atom stereocenters. The molecule has 0 amide bonds. The number of rotatable bonds is 0. The molecule has 0 aliphatic carbocycles. The second-order valence-electron chi connectivity index (χ2n) is 3.60. The molecule has 2 heteroatoms. The van der Waals surface area contributed by atoms with Crippen LogP contribution in [0.2, 0.25) is 0 Å². The largest absolute Gasteiger partial charge is 0.471 e. The van der Waals surface area contributed by atoms with Crippen molar-refractivity contribution >= 4 is 12.9 Å². The SMILES string of the molecule is [B-]1c2ccccc2Cc2cccc[n+]21. The van der Waals surface area contributed by atoms with E-state index in [1.807, 2.05) is 0 Å². The van der Waals surface area contributed by atoms with Gasteiger partial charge in [-0.3, -0.25) is 0 Å². The summed E-state index contributed by atoms with van der Waals surface area (Å²) >= 11 is 0.